The van der Waals surface area contributed by atoms with Crippen LogP contribution in [0.1, 0.15) is 11.1 Å². The maximum Gasteiger partial charge on any atom is 0.119 e. The van der Waals surface area contributed by atoms with Gasteiger partial charge in [0.1, 0.15) is 24.7 Å². The lowest BCUT2D eigenvalue weighted by molar-refractivity contribution is 0.316. The second-order valence-corrected chi connectivity index (χ2v) is 10.4. The zero-order chi connectivity index (χ0) is 17.5. The lowest BCUT2D eigenvalue weighted by Gasteiger charge is -2.20. The van der Waals surface area contributed by atoms with Gasteiger partial charge >= 0.3 is 0 Å². The van der Waals surface area contributed by atoms with E-state index in [4.69, 9.17) is 9.47 Å². The Balaban J connectivity index is 1.48. The van der Waals surface area contributed by atoms with Gasteiger partial charge in [0.2, 0.25) is 0 Å². The number of aryl methyl sites for hydroxylation is 2. The molecule has 2 unspecified atom stereocenters. The molecule has 2 atom stereocenters. The van der Waals surface area contributed by atoms with Crippen molar-refractivity contribution >= 4 is 33.3 Å². The molecule has 0 spiro atoms. The second-order valence-electron chi connectivity index (χ2n) is 6.20. The van der Waals surface area contributed by atoms with Crippen LogP contribution in [-0.2, 0) is 0 Å². The quantitative estimate of drug-likeness (QED) is 0.592. The smallest absolute Gasteiger partial charge is 0.119 e. The zero-order valence-electron chi connectivity index (χ0n) is 14.6. The van der Waals surface area contributed by atoms with Gasteiger partial charge < -0.3 is 9.47 Å². The molecule has 1 aliphatic rings. The summed E-state index contributed by atoms with van der Waals surface area (Å²) in [4.78, 5) is 0. The third kappa shape index (κ3) is 6.39. The first kappa shape index (κ1) is 18.9. The maximum absolute atomic E-state index is 6.00. The van der Waals surface area contributed by atoms with Crippen molar-refractivity contribution in [1.29, 1.82) is 0 Å². The summed E-state index contributed by atoms with van der Waals surface area (Å²) in [7, 11) is 3.90. The number of rotatable bonds is 6. The van der Waals surface area contributed by atoms with Crippen LogP contribution in [0.3, 0.4) is 0 Å². The molecular formula is C20H24O2S3. The molecule has 1 aliphatic heterocycles. The van der Waals surface area contributed by atoms with Crippen LogP contribution in [0.5, 0.6) is 11.5 Å². The van der Waals surface area contributed by atoms with Gasteiger partial charge in [-0.05, 0) is 38.1 Å². The molecule has 1 heterocycles. The molecule has 0 N–H and O–H groups in total. The monoisotopic (exact) mass is 392 g/mol. The molecule has 1 fully saturated rings. The largest absolute Gasteiger partial charge is 0.492 e. The molecule has 0 radical (unpaired) electrons. The Bertz CT molecular complexity index is 585. The highest BCUT2D eigenvalue weighted by Gasteiger charge is 2.23. The minimum absolute atomic E-state index is 0.493. The summed E-state index contributed by atoms with van der Waals surface area (Å²) in [6.45, 7) is 5.69. The molecular weight excluding hydrogens is 368 g/mol. The first-order valence-electron chi connectivity index (χ1n) is 8.48. The Morgan fingerprint density at radius 3 is 1.52 bits per heavy atom. The number of hydrogen-bond acceptors (Lipinski definition) is 5. The lowest BCUT2D eigenvalue weighted by Crippen LogP contribution is -2.24. The van der Waals surface area contributed by atoms with Crippen molar-refractivity contribution in [2.75, 3.05) is 24.7 Å². The standard InChI is InChI=1S/C20H24O2S3/c1-15-3-7-17(8-4-15)21-11-19-13-23-24-14-20(25-19)12-22-18-9-5-16(2)6-10-18/h3-10,19-20H,11-14H2,1-2H3. The van der Waals surface area contributed by atoms with Gasteiger partial charge in [-0.25, -0.2) is 0 Å². The Morgan fingerprint density at radius 1 is 0.720 bits per heavy atom. The van der Waals surface area contributed by atoms with E-state index < -0.39 is 0 Å². The third-order valence-corrected chi connectivity index (χ3v) is 8.25. The topological polar surface area (TPSA) is 18.5 Å². The summed E-state index contributed by atoms with van der Waals surface area (Å²) in [6.07, 6.45) is 0. The molecule has 2 aromatic carbocycles. The average molecular weight is 393 g/mol. The predicted octanol–water partition coefficient (Wildman–Crippen LogP) is 5.63. The number of hydrogen-bond donors (Lipinski definition) is 0. The van der Waals surface area contributed by atoms with E-state index in [1.54, 1.807) is 0 Å². The Morgan fingerprint density at radius 2 is 1.12 bits per heavy atom. The molecule has 2 aromatic rings. The fraction of sp³-hybridized carbons (Fsp3) is 0.400. The van der Waals surface area contributed by atoms with E-state index in [-0.39, 0.29) is 0 Å². The summed E-state index contributed by atoms with van der Waals surface area (Å²) in [5.74, 6) is 4.14. The molecule has 2 nitrogen and oxygen atoms in total. The van der Waals surface area contributed by atoms with E-state index >= 15 is 0 Å². The minimum Gasteiger partial charge on any atom is -0.492 e. The van der Waals surface area contributed by atoms with Crippen molar-refractivity contribution in [3.8, 4) is 11.5 Å². The third-order valence-electron chi connectivity index (χ3n) is 3.89. The fourth-order valence-corrected chi connectivity index (χ4v) is 7.06. The molecule has 5 heteroatoms. The molecule has 0 amide bonds. The second kappa shape index (κ2) is 9.70. The molecule has 0 saturated carbocycles. The van der Waals surface area contributed by atoms with E-state index in [0.29, 0.717) is 10.5 Å². The number of benzene rings is 2. The molecule has 1 saturated heterocycles. The Labute approximate surface area is 162 Å². The van der Waals surface area contributed by atoms with Gasteiger partial charge in [0.05, 0.1) is 0 Å². The summed E-state index contributed by atoms with van der Waals surface area (Å²) >= 11 is 2.01. The molecule has 134 valence electrons. The minimum atomic E-state index is 0.493. The zero-order valence-corrected chi connectivity index (χ0v) is 17.1. The molecule has 0 bridgehead atoms. The highest BCUT2D eigenvalue weighted by molar-refractivity contribution is 8.77. The van der Waals surface area contributed by atoms with E-state index in [1.807, 2.05) is 33.3 Å². The van der Waals surface area contributed by atoms with Gasteiger partial charge in [-0.15, -0.1) is 11.8 Å². The predicted molar refractivity (Wildman–Crippen MR) is 113 cm³/mol. The maximum atomic E-state index is 6.00. The summed E-state index contributed by atoms with van der Waals surface area (Å²) < 4.78 is 12.0. The first-order valence-corrected chi connectivity index (χ1v) is 11.9. The summed E-state index contributed by atoms with van der Waals surface area (Å²) in [5, 5.41) is 0.987. The van der Waals surface area contributed by atoms with Gasteiger partial charge in [-0.1, -0.05) is 57.0 Å². The number of ether oxygens (including phenoxy) is 2. The van der Waals surface area contributed by atoms with E-state index in [1.165, 1.54) is 11.1 Å². The molecule has 0 aromatic heterocycles. The van der Waals surface area contributed by atoms with E-state index in [2.05, 4.69) is 62.4 Å². The van der Waals surface area contributed by atoms with E-state index in [9.17, 15) is 0 Å². The van der Waals surface area contributed by atoms with Crippen LogP contribution >= 0.6 is 33.3 Å². The highest BCUT2D eigenvalue weighted by Crippen LogP contribution is 2.36. The van der Waals surface area contributed by atoms with Crippen molar-refractivity contribution < 1.29 is 9.47 Å². The van der Waals surface area contributed by atoms with Crippen molar-refractivity contribution in [1.82, 2.24) is 0 Å². The first-order chi connectivity index (χ1) is 12.2. The van der Waals surface area contributed by atoms with Crippen LogP contribution in [0.15, 0.2) is 48.5 Å². The average Bonchev–Trinajstić information content (AvgIpc) is 2.86. The van der Waals surface area contributed by atoms with Gasteiger partial charge in [-0.2, -0.15) is 0 Å². The van der Waals surface area contributed by atoms with Crippen LogP contribution in [-0.4, -0.2) is 35.2 Å². The van der Waals surface area contributed by atoms with Crippen LogP contribution in [0.2, 0.25) is 0 Å². The highest BCUT2D eigenvalue weighted by atomic mass is 33.1. The van der Waals surface area contributed by atoms with Gasteiger partial charge in [0.25, 0.3) is 0 Å². The molecule has 25 heavy (non-hydrogen) atoms. The normalized spacial score (nSPS) is 20.7. The molecule has 0 aliphatic carbocycles. The number of thioether (sulfide) groups is 1. The van der Waals surface area contributed by atoms with E-state index in [0.717, 1.165) is 36.2 Å². The molecule has 3 rings (SSSR count). The van der Waals surface area contributed by atoms with Crippen LogP contribution in [0, 0.1) is 13.8 Å². The summed E-state index contributed by atoms with van der Waals surface area (Å²) in [6, 6.07) is 16.6. The van der Waals surface area contributed by atoms with Crippen molar-refractivity contribution in [2.45, 2.75) is 24.3 Å². The SMILES string of the molecule is Cc1ccc(OCC2CSSCC(COc3ccc(C)cc3)S2)cc1. The van der Waals surface area contributed by atoms with Crippen molar-refractivity contribution in [3.63, 3.8) is 0 Å². The Hall–Kier alpha value is -0.910. The fourth-order valence-electron chi connectivity index (χ4n) is 2.42. The lowest BCUT2D eigenvalue weighted by atomic mass is 10.2. The van der Waals surface area contributed by atoms with Gasteiger partial charge in [-0.3, -0.25) is 0 Å². The van der Waals surface area contributed by atoms with Crippen molar-refractivity contribution in [2.24, 2.45) is 0 Å². The Kier molecular flexibility index (Phi) is 7.32. The van der Waals surface area contributed by atoms with Gasteiger partial charge in [0, 0.05) is 22.0 Å². The summed E-state index contributed by atoms with van der Waals surface area (Å²) in [5.41, 5.74) is 2.52. The van der Waals surface area contributed by atoms with Crippen LogP contribution < -0.4 is 9.47 Å². The van der Waals surface area contributed by atoms with Crippen LogP contribution in [0.4, 0.5) is 0 Å². The van der Waals surface area contributed by atoms with Crippen LogP contribution in [0.25, 0.3) is 0 Å². The van der Waals surface area contributed by atoms with Gasteiger partial charge in [0.15, 0.2) is 0 Å². The van der Waals surface area contributed by atoms with Crippen molar-refractivity contribution in [3.05, 3.63) is 59.7 Å².